The van der Waals surface area contributed by atoms with Gasteiger partial charge in [-0.1, -0.05) is 25.2 Å². The van der Waals surface area contributed by atoms with Gasteiger partial charge in [0.25, 0.3) is 0 Å². The van der Waals surface area contributed by atoms with Crippen LogP contribution in [0.3, 0.4) is 0 Å². The first-order valence-corrected chi connectivity index (χ1v) is 6.53. The fourth-order valence-electron chi connectivity index (χ4n) is 2.00. The van der Waals surface area contributed by atoms with Gasteiger partial charge in [-0.25, -0.2) is 0 Å². The lowest BCUT2D eigenvalue weighted by Crippen LogP contribution is -2.16. The van der Waals surface area contributed by atoms with Gasteiger partial charge in [0.15, 0.2) is 5.82 Å². The van der Waals surface area contributed by atoms with Gasteiger partial charge in [0.2, 0.25) is 4.96 Å². The second-order valence-electron chi connectivity index (χ2n) is 4.50. The predicted molar refractivity (Wildman–Crippen MR) is 62.7 cm³/mol. The number of nitrogens with zero attached hydrogens (tertiary/aromatic N) is 4. The fraction of sp³-hybridized carbons (Fsp3) is 0.700. The van der Waals surface area contributed by atoms with Crippen molar-refractivity contribution in [2.45, 2.75) is 38.6 Å². The van der Waals surface area contributed by atoms with Gasteiger partial charge >= 0.3 is 0 Å². The van der Waals surface area contributed by atoms with E-state index in [2.05, 4.69) is 34.5 Å². The van der Waals surface area contributed by atoms with E-state index in [1.54, 1.807) is 11.3 Å². The zero-order valence-electron chi connectivity index (χ0n) is 9.47. The summed E-state index contributed by atoms with van der Waals surface area (Å²) in [6.07, 6.45) is 2.34. The molecule has 1 aliphatic rings. The molecular weight excluding hydrogens is 222 g/mol. The van der Waals surface area contributed by atoms with E-state index in [1.807, 2.05) is 4.52 Å². The third-order valence-electron chi connectivity index (χ3n) is 2.90. The molecule has 0 radical (unpaired) electrons. The third-order valence-corrected chi connectivity index (χ3v) is 4.10. The summed E-state index contributed by atoms with van der Waals surface area (Å²) in [5.41, 5.74) is 0. The number of hydrogen-bond donors (Lipinski definition) is 1. The molecule has 0 spiro atoms. The number of nitrogens with one attached hydrogen (secondary N) is 1. The Kier molecular flexibility index (Phi) is 2.40. The molecule has 3 rings (SSSR count). The maximum Gasteiger partial charge on any atom is 0.234 e. The summed E-state index contributed by atoms with van der Waals surface area (Å²) in [4.78, 5) is 0.910. The van der Waals surface area contributed by atoms with Crippen LogP contribution in [-0.4, -0.2) is 26.4 Å². The lowest BCUT2D eigenvalue weighted by atomic mass is 10.2. The van der Waals surface area contributed by atoms with Gasteiger partial charge in [0, 0.05) is 5.92 Å². The summed E-state index contributed by atoms with van der Waals surface area (Å²) in [6.45, 7) is 5.37. The molecule has 0 aromatic carbocycles. The van der Waals surface area contributed by atoms with Gasteiger partial charge in [0.1, 0.15) is 5.01 Å². The largest absolute Gasteiger partial charge is 0.307 e. The van der Waals surface area contributed by atoms with Crippen LogP contribution in [0.5, 0.6) is 0 Å². The molecule has 3 heterocycles. The Hall–Kier alpha value is -1.01. The van der Waals surface area contributed by atoms with Crippen LogP contribution in [0.25, 0.3) is 4.96 Å². The molecule has 16 heavy (non-hydrogen) atoms. The SMILES string of the molecule is CC(C)c1nn2c(C3CCCN3)nnc2s1. The highest BCUT2D eigenvalue weighted by molar-refractivity contribution is 7.16. The fourth-order valence-corrected chi connectivity index (χ4v) is 2.85. The summed E-state index contributed by atoms with van der Waals surface area (Å²) >= 11 is 1.64. The molecule has 0 bridgehead atoms. The average Bonchev–Trinajstić information content (AvgIpc) is 2.92. The van der Waals surface area contributed by atoms with E-state index >= 15 is 0 Å². The highest BCUT2D eigenvalue weighted by Gasteiger charge is 2.23. The molecule has 5 nitrogen and oxygen atoms in total. The Morgan fingerprint density at radius 1 is 1.44 bits per heavy atom. The molecule has 1 saturated heterocycles. The maximum absolute atomic E-state index is 4.59. The van der Waals surface area contributed by atoms with Crippen molar-refractivity contribution < 1.29 is 0 Å². The number of aromatic nitrogens is 4. The second-order valence-corrected chi connectivity index (χ2v) is 5.48. The van der Waals surface area contributed by atoms with Gasteiger partial charge in [-0.05, 0) is 19.4 Å². The number of fused-ring (bicyclic) bond motifs is 1. The van der Waals surface area contributed by atoms with Crippen LogP contribution < -0.4 is 5.32 Å². The predicted octanol–water partition coefficient (Wildman–Crippen LogP) is 1.73. The zero-order chi connectivity index (χ0) is 11.1. The Labute approximate surface area is 97.9 Å². The summed E-state index contributed by atoms with van der Waals surface area (Å²) < 4.78 is 1.91. The standard InChI is InChI=1S/C10H15N5S/c1-6(2)9-14-15-8(7-4-3-5-11-7)12-13-10(15)16-9/h6-7,11H,3-5H2,1-2H3. The van der Waals surface area contributed by atoms with Crippen LogP contribution in [-0.2, 0) is 0 Å². The van der Waals surface area contributed by atoms with Crippen molar-refractivity contribution in [1.29, 1.82) is 0 Å². The van der Waals surface area contributed by atoms with Crippen molar-refractivity contribution in [3.8, 4) is 0 Å². The summed E-state index contributed by atoms with van der Waals surface area (Å²) in [5, 5.41) is 17.6. The molecule has 6 heteroatoms. The molecule has 1 unspecified atom stereocenters. The van der Waals surface area contributed by atoms with E-state index in [4.69, 9.17) is 0 Å². The molecule has 0 aliphatic carbocycles. The second kappa shape index (κ2) is 3.78. The van der Waals surface area contributed by atoms with E-state index in [1.165, 1.54) is 6.42 Å². The Morgan fingerprint density at radius 2 is 2.31 bits per heavy atom. The Bertz CT molecular complexity index is 494. The highest BCUT2D eigenvalue weighted by Crippen LogP contribution is 2.26. The quantitative estimate of drug-likeness (QED) is 0.864. The van der Waals surface area contributed by atoms with Crippen LogP contribution in [0, 0.1) is 0 Å². The number of hydrogen-bond acceptors (Lipinski definition) is 5. The lowest BCUT2D eigenvalue weighted by Gasteiger charge is -2.05. The van der Waals surface area contributed by atoms with E-state index in [0.29, 0.717) is 12.0 Å². The van der Waals surface area contributed by atoms with Crippen molar-refractivity contribution in [2.75, 3.05) is 6.54 Å². The van der Waals surface area contributed by atoms with Crippen LogP contribution in [0.1, 0.15) is 49.5 Å². The van der Waals surface area contributed by atoms with E-state index in [0.717, 1.165) is 28.8 Å². The molecule has 1 N–H and O–H groups in total. The van der Waals surface area contributed by atoms with Crippen LogP contribution in [0.4, 0.5) is 0 Å². The van der Waals surface area contributed by atoms with E-state index < -0.39 is 0 Å². The zero-order valence-corrected chi connectivity index (χ0v) is 10.3. The van der Waals surface area contributed by atoms with E-state index in [9.17, 15) is 0 Å². The molecule has 1 atom stereocenters. The van der Waals surface area contributed by atoms with Gasteiger partial charge < -0.3 is 5.32 Å². The minimum Gasteiger partial charge on any atom is -0.307 e. The summed E-state index contributed by atoms with van der Waals surface area (Å²) in [6, 6.07) is 0.331. The molecule has 0 saturated carbocycles. The first-order valence-electron chi connectivity index (χ1n) is 5.71. The van der Waals surface area contributed by atoms with Gasteiger partial charge in [-0.2, -0.15) is 9.61 Å². The minimum absolute atomic E-state index is 0.331. The van der Waals surface area contributed by atoms with Gasteiger partial charge in [-0.15, -0.1) is 10.2 Å². The molecule has 1 aliphatic heterocycles. The average molecular weight is 237 g/mol. The van der Waals surface area contributed by atoms with Crippen LogP contribution in [0.2, 0.25) is 0 Å². The molecule has 86 valence electrons. The molecule has 2 aromatic rings. The van der Waals surface area contributed by atoms with Gasteiger partial charge in [0.05, 0.1) is 6.04 Å². The summed E-state index contributed by atoms with van der Waals surface area (Å²) in [5.74, 6) is 1.42. The first-order chi connectivity index (χ1) is 7.75. The lowest BCUT2D eigenvalue weighted by molar-refractivity contribution is 0.582. The Morgan fingerprint density at radius 3 is 3.00 bits per heavy atom. The first kappa shape index (κ1) is 10.2. The molecule has 0 amide bonds. The molecule has 2 aromatic heterocycles. The van der Waals surface area contributed by atoms with Gasteiger partial charge in [-0.3, -0.25) is 0 Å². The van der Waals surface area contributed by atoms with Crippen LogP contribution in [0.15, 0.2) is 0 Å². The highest BCUT2D eigenvalue weighted by atomic mass is 32.1. The van der Waals surface area contributed by atoms with E-state index in [-0.39, 0.29) is 0 Å². The smallest absolute Gasteiger partial charge is 0.234 e. The van der Waals surface area contributed by atoms with Crippen molar-refractivity contribution >= 4 is 16.3 Å². The molecular formula is C10H15N5S. The Balaban J connectivity index is 2.04. The third kappa shape index (κ3) is 1.53. The molecule has 1 fully saturated rings. The van der Waals surface area contributed by atoms with Crippen molar-refractivity contribution in [3.63, 3.8) is 0 Å². The maximum atomic E-state index is 4.59. The van der Waals surface area contributed by atoms with Crippen molar-refractivity contribution in [2.24, 2.45) is 0 Å². The number of rotatable bonds is 2. The van der Waals surface area contributed by atoms with Crippen molar-refractivity contribution in [1.82, 2.24) is 25.1 Å². The topological polar surface area (TPSA) is 55.1 Å². The monoisotopic (exact) mass is 237 g/mol. The van der Waals surface area contributed by atoms with Crippen molar-refractivity contribution in [3.05, 3.63) is 10.8 Å². The summed E-state index contributed by atoms with van der Waals surface area (Å²) in [7, 11) is 0. The minimum atomic E-state index is 0.331. The normalized spacial score (nSPS) is 21.3. The van der Waals surface area contributed by atoms with Crippen LogP contribution >= 0.6 is 11.3 Å².